The summed E-state index contributed by atoms with van der Waals surface area (Å²) in [6.07, 6.45) is 1.59. The second-order valence-electron chi connectivity index (χ2n) is 3.38. The first-order valence-corrected chi connectivity index (χ1v) is 5.27. The molecule has 0 amide bonds. The number of halogens is 2. The fraction of sp³-hybridized carbons (Fsp3) is 0.0833. The lowest BCUT2D eigenvalue weighted by molar-refractivity contribution is 0.628. The summed E-state index contributed by atoms with van der Waals surface area (Å²) in [7, 11) is 0. The van der Waals surface area contributed by atoms with Crippen LogP contribution in [-0.4, -0.2) is 4.98 Å². The van der Waals surface area contributed by atoms with Crippen LogP contribution in [0.15, 0.2) is 41.3 Å². The molecular weight excluding hydrogens is 229 g/mol. The molecule has 2 rings (SSSR count). The van der Waals surface area contributed by atoms with Gasteiger partial charge in [0.1, 0.15) is 5.82 Å². The third kappa shape index (κ3) is 2.14. The minimum Gasteiger partial charge on any atom is -0.328 e. The predicted octanol–water partition coefficient (Wildman–Crippen LogP) is 2.92. The molecule has 0 radical (unpaired) electrons. The minimum atomic E-state index is -0.286. The monoisotopic (exact) mass is 237 g/mol. The molecule has 1 heterocycles. The standard InChI is InChI=1S/C12H9ClFNO/c13-6-9-5-10(7-15-12(9)16)8-1-3-11(14)4-2-8/h1-5,7H,6H2,(H,15,16). The average molecular weight is 238 g/mol. The lowest BCUT2D eigenvalue weighted by Gasteiger charge is -2.02. The number of hydrogen-bond acceptors (Lipinski definition) is 1. The molecule has 16 heavy (non-hydrogen) atoms. The number of aromatic amines is 1. The van der Waals surface area contributed by atoms with Crippen molar-refractivity contribution in [1.29, 1.82) is 0 Å². The summed E-state index contributed by atoms with van der Waals surface area (Å²) in [5.74, 6) is -0.129. The van der Waals surface area contributed by atoms with E-state index in [1.54, 1.807) is 24.4 Å². The topological polar surface area (TPSA) is 32.9 Å². The largest absolute Gasteiger partial charge is 0.328 e. The number of hydrogen-bond donors (Lipinski definition) is 1. The Morgan fingerprint density at radius 1 is 1.19 bits per heavy atom. The van der Waals surface area contributed by atoms with Crippen LogP contribution < -0.4 is 5.56 Å². The average Bonchev–Trinajstić information content (AvgIpc) is 2.31. The molecule has 0 aliphatic carbocycles. The number of rotatable bonds is 2. The third-order valence-electron chi connectivity index (χ3n) is 2.30. The Morgan fingerprint density at radius 2 is 1.88 bits per heavy atom. The molecule has 1 N–H and O–H groups in total. The maximum atomic E-state index is 12.7. The van der Waals surface area contributed by atoms with Gasteiger partial charge in [0.15, 0.2) is 0 Å². The SMILES string of the molecule is O=c1[nH]cc(-c2ccc(F)cc2)cc1CCl. The summed E-state index contributed by atoms with van der Waals surface area (Å²) in [6.45, 7) is 0. The van der Waals surface area contributed by atoms with Crippen molar-refractivity contribution in [3.63, 3.8) is 0 Å². The van der Waals surface area contributed by atoms with Gasteiger partial charge in [-0.2, -0.15) is 0 Å². The number of alkyl halides is 1. The molecular formula is C12H9ClFNO. The molecule has 2 nitrogen and oxygen atoms in total. The van der Waals surface area contributed by atoms with Crippen molar-refractivity contribution in [3.8, 4) is 11.1 Å². The fourth-order valence-electron chi connectivity index (χ4n) is 1.44. The van der Waals surface area contributed by atoms with Gasteiger partial charge in [-0.15, -0.1) is 11.6 Å². The summed E-state index contributed by atoms with van der Waals surface area (Å²) in [5, 5.41) is 0. The van der Waals surface area contributed by atoms with Gasteiger partial charge in [0.05, 0.1) is 5.88 Å². The maximum absolute atomic E-state index is 12.7. The van der Waals surface area contributed by atoms with Crippen molar-refractivity contribution in [2.75, 3.05) is 0 Å². The van der Waals surface area contributed by atoms with Crippen molar-refractivity contribution in [3.05, 3.63) is 58.3 Å². The Morgan fingerprint density at radius 3 is 2.50 bits per heavy atom. The molecule has 0 bridgehead atoms. The van der Waals surface area contributed by atoms with Crippen LogP contribution in [0.25, 0.3) is 11.1 Å². The minimum absolute atomic E-state index is 0.157. The highest BCUT2D eigenvalue weighted by Gasteiger charge is 2.02. The molecule has 82 valence electrons. The van der Waals surface area contributed by atoms with Crippen molar-refractivity contribution in [2.45, 2.75) is 5.88 Å². The molecule has 4 heteroatoms. The van der Waals surface area contributed by atoms with Crippen LogP contribution in [0.1, 0.15) is 5.56 Å². The Kier molecular flexibility index (Phi) is 3.06. The van der Waals surface area contributed by atoms with Crippen LogP contribution in [-0.2, 0) is 5.88 Å². The second kappa shape index (κ2) is 4.49. The molecule has 1 aromatic heterocycles. The molecule has 0 atom stereocenters. The number of nitrogens with one attached hydrogen (secondary N) is 1. The highest BCUT2D eigenvalue weighted by molar-refractivity contribution is 6.17. The van der Waals surface area contributed by atoms with Crippen LogP contribution in [0.2, 0.25) is 0 Å². The summed E-state index contributed by atoms with van der Waals surface area (Å²) in [5.41, 5.74) is 1.96. The number of H-pyrrole nitrogens is 1. The van der Waals surface area contributed by atoms with E-state index >= 15 is 0 Å². The smallest absolute Gasteiger partial charge is 0.252 e. The summed E-state index contributed by atoms with van der Waals surface area (Å²) in [4.78, 5) is 13.9. The van der Waals surface area contributed by atoms with Crippen molar-refractivity contribution < 1.29 is 4.39 Å². The van der Waals surface area contributed by atoms with Gasteiger partial charge in [0.25, 0.3) is 5.56 Å². The van der Waals surface area contributed by atoms with Crippen LogP contribution in [0.3, 0.4) is 0 Å². The van der Waals surface area contributed by atoms with Gasteiger partial charge < -0.3 is 4.98 Å². The van der Waals surface area contributed by atoms with E-state index in [1.165, 1.54) is 12.1 Å². The van der Waals surface area contributed by atoms with Crippen LogP contribution in [0.4, 0.5) is 4.39 Å². The molecule has 1 aromatic carbocycles. The van der Waals surface area contributed by atoms with Crippen molar-refractivity contribution >= 4 is 11.6 Å². The molecule has 0 saturated heterocycles. The molecule has 0 unspecified atom stereocenters. The Balaban J connectivity index is 2.48. The number of pyridine rings is 1. The lowest BCUT2D eigenvalue weighted by Crippen LogP contribution is -2.10. The summed E-state index contributed by atoms with van der Waals surface area (Å²) < 4.78 is 12.7. The first-order chi connectivity index (χ1) is 7.70. The van der Waals surface area contributed by atoms with E-state index in [1.807, 2.05) is 0 Å². The molecule has 0 aliphatic rings. The summed E-state index contributed by atoms with van der Waals surface area (Å²) in [6, 6.07) is 7.77. The number of benzene rings is 1. The summed E-state index contributed by atoms with van der Waals surface area (Å²) >= 11 is 5.64. The van der Waals surface area contributed by atoms with E-state index in [-0.39, 0.29) is 17.3 Å². The van der Waals surface area contributed by atoms with E-state index in [4.69, 9.17) is 11.6 Å². The molecule has 2 aromatic rings. The van der Waals surface area contributed by atoms with Crippen LogP contribution in [0.5, 0.6) is 0 Å². The molecule has 0 saturated carbocycles. The van der Waals surface area contributed by atoms with Crippen molar-refractivity contribution in [2.24, 2.45) is 0 Å². The maximum Gasteiger partial charge on any atom is 0.252 e. The van der Waals surface area contributed by atoms with Gasteiger partial charge in [-0.05, 0) is 29.3 Å². The Bertz CT molecular complexity index is 548. The molecule has 0 aliphatic heterocycles. The van der Waals surface area contributed by atoms with E-state index in [0.717, 1.165) is 11.1 Å². The zero-order valence-corrected chi connectivity index (χ0v) is 9.09. The van der Waals surface area contributed by atoms with E-state index in [9.17, 15) is 9.18 Å². The molecule has 0 spiro atoms. The van der Waals surface area contributed by atoms with Crippen LogP contribution in [0, 0.1) is 5.82 Å². The van der Waals surface area contributed by atoms with Gasteiger partial charge in [-0.3, -0.25) is 4.79 Å². The third-order valence-corrected chi connectivity index (χ3v) is 2.59. The van der Waals surface area contributed by atoms with Crippen LogP contribution >= 0.6 is 11.6 Å². The van der Waals surface area contributed by atoms with Gasteiger partial charge in [-0.1, -0.05) is 12.1 Å². The molecule has 0 fully saturated rings. The predicted molar refractivity (Wildman–Crippen MR) is 62.0 cm³/mol. The lowest BCUT2D eigenvalue weighted by atomic mass is 10.1. The fourth-order valence-corrected chi connectivity index (χ4v) is 1.64. The zero-order valence-electron chi connectivity index (χ0n) is 8.34. The Labute approximate surface area is 96.7 Å². The number of aromatic nitrogens is 1. The van der Waals surface area contributed by atoms with E-state index in [2.05, 4.69) is 4.98 Å². The highest BCUT2D eigenvalue weighted by atomic mass is 35.5. The van der Waals surface area contributed by atoms with E-state index < -0.39 is 0 Å². The first-order valence-electron chi connectivity index (χ1n) is 4.74. The quantitative estimate of drug-likeness (QED) is 0.801. The second-order valence-corrected chi connectivity index (χ2v) is 3.65. The van der Waals surface area contributed by atoms with E-state index in [0.29, 0.717) is 5.56 Å². The van der Waals surface area contributed by atoms with Gasteiger partial charge in [0.2, 0.25) is 0 Å². The van der Waals surface area contributed by atoms with Gasteiger partial charge >= 0.3 is 0 Å². The highest BCUT2D eigenvalue weighted by Crippen LogP contribution is 2.18. The Hall–Kier alpha value is -1.61. The van der Waals surface area contributed by atoms with Gasteiger partial charge in [-0.25, -0.2) is 4.39 Å². The van der Waals surface area contributed by atoms with Crippen molar-refractivity contribution in [1.82, 2.24) is 4.98 Å². The first kappa shape index (κ1) is 10.9. The zero-order chi connectivity index (χ0) is 11.5. The van der Waals surface area contributed by atoms with Gasteiger partial charge in [0, 0.05) is 11.8 Å². The normalized spacial score (nSPS) is 10.4.